The Hall–Kier alpha value is -2.64. The van der Waals surface area contributed by atoms with Crippen LogP contribution >= 0.6 is 0 Å². The molecule has 1 heterocycles. The number of nitrogens with zero attached hydrogens (tertiary/aromatic N) is 2. The second-order valence-corrected chi connectivity index (χ2v) is 7.47. The van der Waals surface area contributed by atoms with Crippen LogP contribution in [0.5, 0.6) is 0 Å². The third-order valence-electron chi connectivity index (χ3n) is 4.60. The number of alkyl halides is 1. The van der Waals surface area contributed by atoms with E-state index in [9.17, 15) is 13.6 Å². The van der Waals surface area contributed by atoms with E-state index >= 15 is 0 Å². The Labute approximate surface area is 178 Å². The molecule has 0 aromatic carbocycles. The first-order valence-electron chi connectivity index (χ1n) is 10.2. The Morgan fingerprint density at radius 3 is 2.70 bits per heavy atom. The highest BCUT2D eigenvalue weighted by molar-refractivity contribution is 5.75. The summed E-state index contributed by atoms with van der Waals surface area (Å²) in [5.41, 5.74) is 0.402. The summed E-state index contributed by atoms with van der Waals surface area (Å²) < 4.78 is 30.3. The molecule has 0 saturated carbocycles. The van der Waals surface area contributed by atoms with E-state index < -0.39 is 12.7 Å². The zero-order chi connectivity index (χ0) is 22.5. The molecule has 2 N–H and O–H groups in total. The van der Waals surface area contributed by atoms with E-state index in [2.05, 4.69) is 26.9 Å². The lowest BCUT2D eigenvalue weighted by molar-refractivity contribution is 0.125. The van der Waals surface area contributed by atoms with Gasteiger partial charge in [-0.15, -0.1) is 0 Å². The topological polar surface area (TPSA) is 66.5 Å². The molecule has 0 radical (unpaired) electrons. The van der Waals surface area contributed by atoms with Crippen LogP contribution in [0.4, 0.5) is 19.3 Å². The van der Waals surface area contributed by atoms with Gasteiger partial charge in [-0.05, 0) is 59.1 Å². The molecule has 0 fully saturated rings. The van der Waals surface area contributed by atoms with Crippen LogP contribution in [-0.2, 0) is 4.74 Å². The Balaban J connectivity index is 2.48. The predicted molar refractivity (Wildman–Crippen MR) is 116 cm³/mol. The van der Waals surface area contributed by atoms with Crippen LogP contribution in [0, 0.1) is 5.82 Å². The number of anilines is 1. The molecule has 168 valence electrons. The second kappa shape index (κ2) is 13.6. The summed E-state index contributed by atoms with van der Waals surface area (Å²) in [6, 6.07) is 1.41. The number of amides is 2. The van der Waals surface area contributed by atoms with Crippen LogP contribution in [0.2, 0.25) is 0 Å². The number of carbonyl (C=O) groups excluding carboxylic acids is 1. The van der Waals surface area contributed by atoms with Gasteiger partial charge in [-0.1, -0.05) is 12.7 Å². The summed E-state index contributed by atoms with van der Waals surface area (Å²) >= 11 is 0. The van der Waals surface area contributed by atoms with Gasteiger partial charge in [0.05, 0.1) is 11.9 Å². The molecule has 1 rings (SSSR count). The number of carbonyl (C=O) groups is 1. The Morgan fingerprint density at radius 1 is 1.33 bits per heavy atom. The van der Waals surface area contributed by atoms with E-state index in [4.69, 9.17) is 0 Å². The molecule has 0 aliphatic rings. The number of allylic oxidation sites excluding steroid dienone is 2. The molecule has 1 aromatic heterocycles. The Kier molecular flexibility index (Phi) is 11.5. The average molecular weight is 425 g/mol. The van der Waals surface area contributed by atoms with Crippen LogP contribution in [-0.4, -0.2) is 47.4 Å². The van der Waals surface area contributed by atoms with Crippen molar-refractivity contribution in [3.8, 4) is 0 Å². The maximum absolute atomic E-state index is 13.6. The van der Waals surface area contributed by atoms with Crippen LogP contribution in [0.1, 0.15) is 47.0 Å². The van der Waals surface area contributed by atoms with Crippen LogP contribution in [0.15, 0.2) is 43.0 Å². The van der Waals surface area contributed by atoms with Crippen molar-refractivity contribution >= 4 is 11.7 Å². The zero-order valence-electron chi connectivity index (χ0n) is 18.3. The highest BCUT2D eigenvalue weighted by atomic mass is 19.1. The number of ether oxygens (including phenoxy) is 1. The molecule has 0 aliphatic heterocycles. The smallest absolute Gasteiger partial charge is 0.318 e. The summed E-state index contributed by atoms with van der Waals surface area (Å²) in [5, 5.41) is 6.07. The first-order valence-corrected chi connectivity index (χ1v) is 10.2. The van der Waals surface area contributed by atoms with Gasteiger partial charge in [-0.25, -0.2) is 13.6 Å². The maximum Gasteiger partial charge on any atom is 0.318 e. The molecular formula is C22H34F2N4O2. The molecule has 2 atom stereocenters. The fourth-order valence-corrected chi connectivity index (χ4v) is 3.05. The van der Waals surface area contributed by atoms with Crippen LogP contribution in [0.3, 0.4) is 0 Å². The van der Waals surface area contributed by atoms with Gasteiger partial charge < -0.3 is 20.3 Å². The van der Waals surface area contributed by atoms with Gasteiger partial charge in [0.1, 0.15) is 5.76 Å². The number of rotatable bonds is 13. The summed E-state index contributed by atoms with van der Waals surface area (Å²) in [7, 11) is 0. The monoisotopic (exact) mass is 424 g/mol. The molecule has 6 nitrogen and oxygen atoms in total. The van der Waals surface area contributed by atoms with Crippen LogP contribution < -0.4 is 10.6 Å². The van der Waals surface area contributed by atoms with E-state index in [0.29, 0.717) is 25.1 Å². The lowest BCUT2D eigenvalue weighted by atomic mass is 10.1. The van der Waals surface area contributed by atoms with Crippen molar-refractivity contribution in [2.45, 2.75) is 65.1 Å². The number of pyridine rings is 1. The van der Waals surface area contributed by atoms with Crippen molar-refractivity contribution in [1.82, 2.24) is 15.2 Å². The number of halogens is 2. The molecule has 2 amide bonds. The van der Waals surface area contributed by atoms with Crippen molar-refractivity contribution in [2.75, 3.05) is 18.7 Å². The molecule has 8 heteroatoms. The number of hydrogen-bond donors (Lipinski definition) is 2. The number of aromatic nitrogens is 1. The SMILES string of the molecule is C=C(/C=C\CC[C@@H](C)NC(=O)N(C(C)C)C(C)CCNc1ccncc1F)OCF. The first kappa shape index (κ1) is 25.4. The highest BCUT2D eigenvalue weighted by Gasteiger charge is 2.23. The molecule has 1 unspecified atom stereocenters. The minimum absolute atomic E-state index is 0.0194. The minimum atomic E-state index is -0.897. The van der Waals surface area contributed by atoms with E-state index in [1.807, 2.05) is 33.8 Å². The number of nitrogens with one attached hydrogen (secondary N) is 2. The van der Waals surface area contributed by atoms with Gasteiger partial charge in [-0.2, -0.15) is 0 Å². The third kappa shape index (κ3) is 9.24. The molecular weight excluding hydrogens is 390 g/mol. The molecule has 1 aromatic rings. The van der Waals surface area contributed by atoms with Gasteiger partial charge in [0.15, 0.2) is 5.82 Å². The summed E-state index contributed by atoms with van der Waals surface area (Å²) in [4.78, 5) is 18.3. The summed E-state index contributed by atoms with van der Waals surface area (Å²) in [6.07, 6.45) is 8.26. The van der Waals surface area contributed by atoms with Gasteiger partial charge in [0, 0.05) is 30.9 Å². The van der Waals surface area contributed by atoms with Crippen molar-refractivity contribution in [3.63, 3.8) is 0 Å². The van der Waals surface area contributed by atoms with Crippen molar-refractivity contribution in [1.29, 1.82) is 0 Å². The van der Waals surface area contributed by atoms with E-state index in [1.165, 1.54) is 12.4 Å². The summed E-state index contributed by atoms with van der Waals surface area (Å²) in [5.74, 6) is -0.124. The molecule has 0 saturated heterocycles. The quantitative estimate of drug-likeness (QED) is 0.345. The average Bonchev–Trinajstić information content (AvgIpc) is 2.66. The van der Waals surface area contributed by atoms with E-state index in [0.717, 1.165) is 6.42 Å². The second-order valence-electron chi connectivity index (χ2n) is 7.47. The number of urea groups is 1. The molecule has 0 bridgehead atoms. The highest BCUT2D eigenvalue weighted by Crippen LogP contribution is 2.14. The van der Waals surface area contributed by atoms with Gasteiger partial charge in [0.2, 0.25) is 6.86 Å². The first-order chi connectivity index (χ1) is 14.3. The van der Waals surface area contributed by atoms with Crippen LogP contribution in [0.25, 0.3) is 0 Å². The molecule has 30 heavy (non-hydrogen) atoms. The van der Waals surface area contributed by atoms with Gasteiger partial charge in [-0.3, -0.25) is 4.98 Å². The predicted octanol–water partition coefficient (Wildman–Crippen LogP) is 5.01. The lowest BCUT2D eigenvalue weighted by Crippen LogP contribution is -2.51. The van der Waals surface area contributed by atoms with Gasteiger partial charge in [0.25, 0.3) is 0 Å². The van der Waals surface area contributed by atoms with Crippen molar-refractivity contribution in [2.24, 2.45) is 0 Å². The van der Waals surface area contributed by atoms with Gasteiger partial charge >= 0.3 is 6.03 Å². The fourth-order valence-electron chi connectivity index (χ4n) is 3.05. The normalized spacial score (nSPS) is 13.2. The van der Waals surface area contributed by atoms with E-state index in [1.54, 1.807) is 17.0 Å². The fraction of sp³-hybridized carbons (Fsp3) is 0.545. The largest absolute Gasteiger partial charge is 0.464 e. The maximum atomic E-state index is 13.6. The summed E-state index contributed by atoms with van der Waals surface area (Å²) in [6.45, 7) is 11.1. The Bertz CT molecular complexity index is 697. The third-order valence-corrected chi connectivity index (χ3v) is 4.60. The zero-order valence-corrected chi connectivity index (χ0v) is 18.3. The molecule has 0 aliphatic carbocycles. The lowest BCUT2D eigenvalue weighted by Gasteiger charge is -2.34. The van der Waals surface area contributed by atoms with Crippen molar-refractivity contribution in [3.05, 3.63) is 48.8 Å². The van der Waals surface area contributed by atoms with E-state index in [-0.39, 0.29) is 29.9 Å². The standard InChI is InChI=1S/C22H34F2N4O2/c1-16(2)28(18(4)10-13-26-21-11-12-25-14-20(21)24)22(29)27-17(3)8-6-7-9-19(5)30-15-23/h7,9,11-12,14,16-18H,5-6,8,10,13,15H2,1-4H3,(H,25,26)(H,27,29)/b9-7-/t17-,18?/m1/s1. The number of hydrogen-bond acceptors (Lipinski definition) is 4. The molecule has 0 spiro atoms. The van der Waals surface area contributed by atoms with Crippen molar-refractivity contribution < 1.29 is 18.3 Å². The minimum Gasteiger partial charge on any atom is -0.464 e. The Morgan fingerprint density at radius 2 is 2.07 bits per heavy atom.